The van der Waals surface area contributed by atoms with E-state index in [1.165, 1.54) is 6.08 Å². The number of nitrogens with zero attached hydrogens (tertiary/aromatic N) is 2. The first-order valence-corrected chi connectivity index (χ1v) is 10.8. The Morgan fingerprint density at radius 2 is 1.87 bits per heavy atom. The molecule has 4 rings (SSSR count). The van der Waals surface area contributed by atoms with Gasteiger partial charge in [0.2, 0.25) is 5.91 Å². The molecular formula is C19H32F3N7O. The molecule has 170 valence electrons. The summed E-state index contributed by atoms with van der Waals surface area (Å²) in [7, 11) is 1.94. The zero-order valence-corrected chi connectivity index (χ0v) is 17.2. The number of rotatable bonds is 3. The van der Waals surface area contributed by atoms with Gasteiger partial charge in [0.15, 0.2) is 0 Å². The van der Waals surface area contributed by atoms with Crippen molar-refractivity contribution in [3.63, 3.8) is 0 Å². The number of hydrogen-bond donors (Lipinski definition) is 5. The van der Waals surface area contributed by atoms with Gasteiger partial charge in [-0.1, -0.05) is 6.58 Å². The number of halogens is 3. The second-order valence-electron chi connectivity index (χ2n) is 8.97. The van der Waals surface area contributed by atoms with Gasteiger partial charge in [-0.2, -0.15) is 24.2 Å². The Bertz CT molecular complexity index is 640. The standard InChI is InChI=1S/C19H32F3N7O/c1-3-15(30)29-9-8-13-14(10-29)23-17(24-16(13)18-25-26-27-28(18)2)11-4-6-12(7-5-11)19(20,21)22/h3,11-14,16-18,23-27H,1,4-10H2,2H3. The van der Waals surface area contributed by atoms with E-state index in [1.54, 1.807) is 0 Å². The van der Waals surface area contributed by atoms with Crippen LogP contribution in [0.15, 0.2) is 12.7 Å². The van der Waals surface area contributed by atoms with E-state index in [2.05, 4.69) is 33.7 Å². The van der Waals surface area contributed by atoms with Crippen LogP contribution in [0, 0.1) is 17.8 Å². The molecule has 0 bridgehead atoms. The minimum Gasteiger partial charge on any atom is -0.338 e. The lowest BCUT2D eigenvalue weighted by Gasteiger charge is -2.52. The Morgan fingerprint density at radius 3 is 2.47 bits per heavy atom. The summed E-state index contributed by atoms with van der Waals surface area (Å²) in [6.45, 7) is 4.85. The highest BCUT2D eigenvalue weighted by Crippen LogP contribution is 2.41. The van der Waals surface area contributed by atoms with Gasteiger partial charge in [-0.25, -0.2) is 10.4 Å². The third-order valence-corrected chi connectivity index (χ3v) is 7.30. The van der Waals surface area contributed by atoms with Crippen LogP contribution < -0.4 is 27.1 Å². The lowest BCUT2D eigenvalue weighted by molar-refractivity contribution is -0.185. The fraction of sp³-hybridized carbons (Fsp3) is 0.842. The third-order valence-electron chi connectivity index (χ3n) is 7.30. The predicted molar refractivity (Wildman–Crippen MR) is 105 cm³/mol. The van der Waals surface area contributed by atoms with Gasteiger partial charge < -0.3 is 4.90 Å². The van der Waals surface area contributed by atoms with Gasteiger partial charge in [0, 0.05) is 32.2 Å². The zero-order valence-electron chi connectivity index (χ0n) is 17.2. The van der Waals surface area contributed by atoms with E-state index in [1.807, 2.05) is 17.0 Å². The molecule has 5 unspecified atom stereocenters. The van der Waals surface area contributed by atoms with Crippen LogP contribution in [-0.2, 0) is 4.79 Å². The molecule has 1 aliphatic carbocycles. The van der Waals surface area contributed by atoms with Gasteiger partial charge in [0.05, 0.1) is 12.1 Å². The van der Waals surface area contributed by atoms with E-state index in [0.717, 1.165) is 6.42 Å². The molecule has 11 heteroatoms. The predicted octanol–water partition coefficient (Wildman–Crippen LogP) is 0.431. The molecule has 5 atom stereocenters. The second kappa shape index (κ2) is 8.71. The number of nitrogens with one attached hydrogen (secondary N) is 5. The average molecular weight is 432 g/mol. The molecule has 5 N–H and O–H groups in total. The highest BCUT2D eigenvalue weighted by Gasteiger charge is 2.49. The number of hydrogen-bond acceptors (Lipinski definition) is 7. The molecule has 0 aromatic carbocycles. The highest BCUT2D eigenvalue weighted by molar-refractivity contribution is 5.87. The minimum absolute atomic E-state index is 0.0183. The molecule has 3 heterocycles. The van der Waals surface area contributed by atoms with Crippen LogP contribution in [0.1, 0.15) is 32.1 Å². The van der Waals surface area contributed by atoms with Gasteiger partial charge in [-0.05, 0) is 50.0 Å². The molecule has 0 aromatic heterocycles. The summed E-state index contributed by atoms with van der Waals surface area (Å²) in [5, 5.41) is 9.31. The van der Waals surface area contributed by atoms with Gasteiger partial charge in [0.25, 0.3) is 0 Å². The third kappa shape index (κ3) is 4.37. The summed E-state index contributed by atoms with van der Waals surface area (Å²) in [5.74, 6) is -0.854. The number of carbonyl (C=O) groups excluding carboxylic acids is 1. The first-order chi connectivity index (χ1) is 14.3. The maximum atomic E-state index is 13.1. The lowest BCUT2D eigenvalue weighted by Crippen LogP contribution is -2.74. The summed E-state index contributed by atoms with van der Waals surface area (Å²) < 4.78 is 39.3. The molecule has 4 fully saturated rings. The summed E-state index contributed by atoms with van der Waals surface area (Å²) in [6.07, 6.45) is -0.581. The van der Waals surface area contributed by atoms with E-state index in [-0.39, 0.29) is 55.0 Å². The van der Waals surface area contributed by atoms with Crippen molar-refractivity contribution in [1.29, 1.82) is 0 Å². The van der Waals surface area contributed by atoms with Crippen LogP contribution in [0.5, 0.6) is 0 Å². The van der Waals surface area contributed by atoms with E-state index < -0.39 is 12.1 Å². The summed E-state index contributed by atoms with van der Waals surface area (Å²) >= 11 is 0. The molecule has 0 radical (unpaired) electrons. The SMILES string of the molecule is C=CC(=O)N1CCC2C(C1)NC(C1CCC(C(F)(F)F)CC1)NC2C1NNNN1C. The van der Waals surface area contributed by atoms with Crippen molar-refractivity contribution in [2.75, 3.05) is 20.1 Å². The minimum atomic E-state index is -4.10. The van der Waals surface area contributed by atoms with Crippen molar-refractivity contribution in [3.05, 3.63) is 12.7 Å². The molecule has 1 amide bonds. The number of amides is 1. The summed E-state index contributed by atoms with van der Waals surface area (Å²) in [6, 6.07) is 0.158. The quantitative estimate of drug-likeness (QED) is 0.415. The van der Waals surface area contributed by atoms with E-state index >= 15 is 0 Å². The number of likely N-dealkylation sites (tertiary alicyclic amines) is 1. The van der Waals surface area contributed by atoms with E-state index in [0.29, 0.717) is 25.9 Å². The Hall–Kier alpha value is -1.24. The molecule has 0 spiro atoms. The average Bonchev–Trinajstić information content (AvgIpc) is 3.17. The molecule has 8 nitrogen and oxygen atoms in total. The van der Waals surface area contributed by atoms with Crippen LogP contribution in [0.4, 0.5) is 13.2 Å². The van der Waals surface area contributed by atoms with Gasteiger partial charge in [0.1, 0.15) is 6.17 Å². The fourth-order valence-corrected chi connectivity index (χ4v) is 5.58. The maximum Gasteiger partial charge on any atom is 0.391 e. The molecule has 1 saturated carbocycles. The zero-order chi connectivity index (χ0) is 21.5. The maximum absolute atomic E-state index is 13.1. The first kappa shape index (κ1) is 22.0. The Labute approximate surface area is 174 Å². The van der Waals surface area contributed by atoms with Crippen LogP contribution >= 0.6 is 0 Å². The van der Waals surface area contributed by atoms with Gasteiger partial charge in [-0.3, -0.25) is 15.4 Å². The van der Waals surface area contributed by atoms with Crippen molar-refractivity contribution in [3.8, 4) is 0 Å². The van der Waals surface area contributed by atoms with Crippen LogP contribution in [0.3, 0.4) is 0 Å². The fourth-order valence-electron chi connectivity index (χ4n) is 5.58. The molecule has 4 aliphatic rings. The number of fused-ring (bicyclic) bond motifs is 1. The van der Waals surface area contributed by atoms with Crippen molar-refractivity contribution < 1.29 is 18.0 Å². The Balaban J connectivity index is 1.48. The smallest absolute Gasteiger partial charge is 0.338 e. The van der Waals surface area contributed by atoms with Crippen molar-refractivity contribution in [2.45, 2.75) is 62.7 Å². The Kier molecular flexibility index (Phi) is 6.38. The molecule has 0 aromatic rings. The molecule has 3 aliphatic heterocycles. The van der Waals surface area contributed by atoms with Crippen molar-refractivity contribution in [2.24, 2.45) is 17.8 Å². The van der Waals surface area contributed by atoms with E-state index in [9.17, 15) is 18.0 Å². The van der Waals surface area contributed by atoms with Crippen LogP contribution in [0.25, 0.3) is 0 Å². The Morgan fingerprint density at radius 1 is 1.13 bits per heavy atom. The van der Waals surface area contributed by atoms with E-state index in [4.69, 9.17) is 0 Å². The van der Waals surface area contributed by atoms with Gasteiger partial charge in [-0.15, -0.1) is 0 Å². The number of hydrazine groups is 3. The summed E-state index contributed by atoms with van der Waals surface area (Å²) in [4.78, 5) is 14.0. The van der Waals surface area contributed by atoms with Crippen LogP contribution in [0.2, 0.25) is 0 Å². The molecule has 3 saturated heterocycles. The highest BCUT2D eigenvalue weighted by atomic mass is 19.4. The number of alkyl halides is 3. The van der Waals surface area contributed by atoms with Crippen molar-refractivity contribution in [1.82, 2.24) is 37.0 Å². The first-order valence-electron chi connectivity index (χ1n) is 10.8. The topological polar surface area (TPSA) is 83.7 Å². The second-order valence-corrected chi connectivity index (χ2v) is 8.97. The number of carbonyl (C=O) groups is 1. The van der Waals surface area contributed by atoms with Crippen molar-refractivity contribution >= 4 is 5.91 Å². The largest absolute Gasteiger partial charge is 0.391 e. The lowest BCUT2D eigenvalue weighted by atomic mass is 9.76. The molecular weight excluding hydrogens is 399 g/mol. The normalized spacial score (nSPS) is 40.8. The monoisotopic (exact) mass is 431 g/mol. The summed E-state index contributed by atoms with van der Waals surface area (Å²) in [5.41, 5.74) is 9.19. The van der Waals surface area contributed by atoms with Crippen LogP contribution in [-0.4, -0.2) is 66.5 Å². The van der Waals surface area contributed by atoms with Gasteiger partial charge >= 0.3 is 6.18 Å². The number of likely N-dealkylation sites (N-methyl/N-ethyl adjacent to an activating group) is 1. The molecule has 30 heavy (non-hydrogen) atoms. The number of piperidine rings is 1.